The average molecular weight is 267 g/mol. The number of hydrogen-bond donors (Lipinski definition) is 0. The van der Waals surface area contributed by atoms with Crippen LogP contribution in [-0.4, -0.2) is 14.5 Å². The molecule has 0 bridgehead atoms. The minimum absolute atomic E-state index is 0.359. The fourth-order valence-corrected chi connectivity index (χ4v) is 1.33. The molecule has 5 nitrogen and oxygen atoms in total. The van der Waals surface area contributed by atoms with Crippen molar-refractivity contribution in [1.82, 2.24) is 0 Å². The summed E-state index contributed by atoms with van der Waals surface area (Å²) in [7, 11) is -4.60. The molecule has 0 saturated carbocycles. The van der Waals surface area contributed by atoms with Crippen LogP contribution in [0.3, 0.4) is 0 Å². The van der Waals surface area contributed by atoms with Crippen LogP contribution in [0.4, 0.5) is 13.2 Å². The van der Waals surface area contributed by atoms with Crippen molar-refractivity contribution >= 4 is 16.4 Å². The van der Waals surface area contributed by atoms with Crippen molar-refractivity contribution in [2.45, 2.75) is 6.61 Å². The van der Waals surface area contributed by atoms with E-state index in [4.69, 9.17) is 0 Å². The number of halogens is 3. The second kappa shape index (κ2) is 5.09. The normalized spacial score (nSPS) is 11.0. The molecule has 0 amide bonds. The average Bonchev–Trinajstić information content (AvgIpc) is 2.15. The summed E-state index contributed by atoms with van der Waals surface area (Å²) < 4.78 is 66.2. The van der Waals surface area contributed by atoms with E-state index in [-0.39, 0.29) is 0 Å². The molecule has 1 aromatic rings. The van der Waals surface area contributed by atoms with Crippen LogP contribution < -0.4 is 0 Å². The van der Waals surface area contributed by atoms with Gasteiger partial charge in [-0.2, -0.15) is 8.42 Å². The zero-order valence-corrected chi connectivity index (χ0v) is 8.80. The summed E-state index contributed by atoms with van der Waals surface area (Å²) in [4.78, 5) is 9.66. The molecule has 0 unspecified atom stereocenters. The summed E-state index contributed by atoms with van der Waals surface area (Å²) in [5.41, 5.74) is -0.795. The Morgan fingerprint density at radius 2 is 1.76 bits per heavy atom. The lowest BCUT2D eigenvalue weighted by Crippen LogP contribution is -2.06. The minimum atomic E-state index is -4.60. The van der Waals surface area contributed by atoms with Crippen molar-refractivity contribution in [3.8, 4) is 0 Å². The zero-order valence-electron chi connectivity index (χ0n) is 7.98. The molecule has 1 aromatic carbocycles. The van der Waals surface area contributed by atoms with Crippen LogP contribution in [0.2, 0.25) is 0 Å². The third-order valence-electron chi connectivity index (χ3n) is 1.61. The quantitative estimate of drug-likeness (QED) is 0.607. The lowest BCUT2D eigenvalue weighted by atomic mass is 10.2. The van der Waals surface area contributed by atoms with Gasteiger partial charge in [0.2, 0.25) is 0 Å². The van der Waals surface area contributed by atoms with Crippen LogP contribution >= 0.6 is 0 Å². The van der Waals surface area contributed by atoms with E-state index in [2.05, 4.69) is 8.58 Å². The smallest absolute Gasteiger partial charge is 0.247 e. The molecule has 0 aliphatic carbocycles. The van der Waals surface area contributed by atoms with Crippen LogP contribution in [0.5, 0.6) is 0 Å². The highest BCUT2D eigenvalue weighted by atomic mass is 32.2. The topological polar surface area (TPSA) is 72.8 Å². The Balaban J connectivity index is 2.94. The van der Waals surface area contributed by atoms with E-state index < -0.39 is 39.9 Å². The minimum Gasteiger partial charge on any atom is -0.247 e. The van der Waals surface area contributed by atoms with Crippen molar-refractivity contribution in [1.29, 1.82) is 0 Å². The lowest BCUT2D eigenvalue weighted by molar-refractivity contribution is 0.295. The van der Waals surface area contributed by atoms with Crippen LogP contribution in [0.1, 0.15) is 5.56 Å². The van der Waals surface area contributed by atoms with Gasteiger partial charge in [0.1, 0.15) is 17.5 Å². The maximum Gasteiger partial charge on any atom is 0.391 e. The van der Waals surface area contributed by atoms with Crippen molar-refractivity contribution in [3.63, 3.8) is 0 Å². The molecule has 0 aliphatic rings. The second-order valence-corrected chi connectivity index (χ2v) is 3.99. The van der Waals surface area contributed by atoms with Gasteiger partial charge in [0.05, 0.1) is 12.2 Å². The first kappa shape index (κ1) is 13.4. The Kier molecular flexibility index (Phi) is 4.00. The molecule has 9 heteroatoms. The van der Waals surface area contributed by atoms with Gasteiger partial charge in [-0.25, -0.2) is 22.1 Å². The summed E-state index contributed by atoms with van der Waals surface area (Å²) in [6.45, 7) is -1.05. The van der Waals surface area contributed by atoms with Crippen molar-refractivity contribution in [2.24, 2.45) is 4.40 Å². The summed E-state index contributed by atoms with van der Waals surface area (Å²) >= 11 is 0. The van der Waals surface area contributed by atoms with Gasteiger partial charge in [-0.1, -0.05) is 4.40 Å². The van der Waals surface area contributed by atoms with Crippen LogP contribution in [0, 0.1) is 17.5 Å². The van der Waals surface area contributed by atoms with Crippen molar-refractivity contribution in [2.75, 3.05) is 0 Å². The Morgan fingerprint density at radius 1 is 1.24 bits per heavy atom. The van der Waals surface area contributed by atoms with E-state index in [1.54, 1.807) is 0 Å². The summed E-state index contributed by atoms with van der Waals surface area (Å²) in [5, 5.41) is 0. The van der Waals surface area contributed by atoms with Gasteiger partial charge in [0, 0.05) is 12.1 Å². The SMILES string of the molecule is O=C=NS(=O)(=O)OCc1c(F)cc(F)cc1F. The molecule has 0 aromatic heterocycles. The van der Waals surface area contributed by atoms with Gasteiger partial charge in [-0.3, -0.25) is 0 Å². The standard InChI is InChI=1S/C8H4F3NO4S/c9-5-1-7(10)6(8(11)2-5)3-16-17(14,15)12-4-13/h1-2H,3H2. The highest BCUT2D eigenvalue weighted by Gasteiger charge is 2.16. The highest BCUT2D eigenvalue weighted by Crippen LogP contribution is 2.16. The maximum absolute atomic E-state index is 13.0. The third kappa shape index (κ3) is 3.66. The monoisotopic (exact) mass is 267 g/mol. The first-order valence-electron chi connectivity index (χ1n) is 3.97. The summed E-state index contributed by atoms with van der Waals surface area (Å²) in [6.07, 6.45) is 0.697. The molecule has 0 spiro atoms. The summed E-state index contributed by atoms with van der Waals surface area (Å²) in [5.74, 6) is -3.78. The number of carbonyl (C=O) groups excluding carboxylic acids is 1. The van der Waals surface area contributed by atoms with Gasteiger partial charge in [0.25, 0.3) is 6.08 Å². The first-order chi connectivity index (χ1) is 7.85. The zero-order chi connectivity index (χ0) is 13.1. The van der Waals surface area contributed by atoms with E-state index in [1.165, 1.54) is 0 Å². The van der Waals surface area contributed by atoms with Gasteiger partial charge >= 0.3 is 10.3 Å². The van der Waals surface area contributed by atoms with E-state index in [0.29, 0.717) is 18.2 Å². The molecule has 0 atom stereocenters. The fourth-order valence-electron chi connectivity index (χ4n) is 0.915. The van der Waals surface area contributed by atoms with Crippen molar-refractivity contribution in [3.05, 3.63) is 35.1 Å². The fraction of sp³-hybridized carbons (Fsp3) is 0.125. The molecule has 1 rings (SSSR count). The van der Waals surface area contributed by atoms with E-state index in [9.17, 15) is 26.4 Å². The molecule has 92 valence electrons. The van der Waals surface area contributed by atoms with E-state index in [1.807, 2.05) is 0 Å². The highest BCUT2D eigenvalue weighted by molar-refractivity contribution is 7.85. The number of rotatable bonds is 4. The molecule has 0 N–H and O–H groups in total. The number of isocyanates is 1. The van der Waals surface area contributed by atoms with Crippen LogP contribution in [0.15, 0.2) is 16.5 Å². The predicted molar refractivity (Wildman–Crippen MR) is 48.1 cm³/mol. The molecule has 0 aliphatic heterocycles. The summed E-state index contributed by atoms with van der Waals surface area (Å²) in [6, 6.07) is 0.717. The van der Waals surface area contributed by atoms with E-state index >= 15 is 0 Å². The van der Waals surface area contributed by atoms with Gasteiger partial charge in [0.15, 0.2) is 0 Å². The van der Waals surface area contributed by atoms with Gasteiger partial charge < -0.3 is 0 Å². The molecule has 0 fully saturated rings. The Bertz CT molecular complexity index is 557. The number of nitrogens with zero attached hydrogens (tertiary/aromatic N) is 1. The molecule has 0 heterocycles. The van der Waals surface area contributed by atoms with Crippen LogP contribution in [0.25, 0.3) is 0 Å². The predicted octanol–water partition coefficient (Wildman–Crippen LogP) is 1.20. The number of benzene rings is 1. The van der Waals surface area contributed by atoms with E-state index in [0.717, 1.165) is 0 Å². The Morgan fingerprint density at radius 3 is 2.24 bits per heavy atom. The molecular weight excluding hydrogens is 263 g/mol. The second-order valence-electron chi connectivity index (χ2n) is 2.72. The maximum atomic E-state index is 13.0. The largest absolute Gasteiger partial charge is 0.391 e. The molecular formula is C8H4F3NO4S. The third-order valence-corrected chi connectivity index (χ3v) is 2.32. The molecule has 0 radical (unpaired) electrons. The van der Waals surface area contributed by atoms with Crippen LogP contribution in [-0.2, 0) is 25.9 Å². The van der Waals surface area contributed by atoms with Crippen molar-refractivity contribution < 1.29 is 30.6 Å². The Labute approximate surface area is 93.8 Å². The van der Waals surface area contributed by atoms with Gasteiger partial charge in [-0.05, 0) is 0 Å². The molecule has 0 saturated heterocycles. The lowest BCUT2D eigenvalue weighted by Gasteiger charge is -2.04. The Hall–Kier alpha value is -1.70. The number of hydrogen-bond acceptors (Lipinski definition) is 4. The molecule has 17 heavy (non-hydrogen) atoms. The van der Waals surface area contributed by atoms with Gasteiger partial charge in [-0.15, -0.1) is 0 Å². The first-order valence-corrected chi connectivity index (χ1v) is 5.34.